The van der Waals surface area contributed by atoms with Gasteiger partial charge in [0.25, 0.3) is 0 Å². The highest BCUT2D eigenvalue weighted by atomic mass is 16.3. The molecule has 0 spiro atoms. The number of aliphatic hydroxyl groups is 1. The molecule has 112 valence electrons. The first-order chi connectivity index (χ1) is 10.0. The van der Waals surface area contributed by atoms with Crippen molar-refractivity contribution in [1.82, 2.24) is 4.90 Å². The van der Waals surface area contributed by atoms with Gasteiger partial charge in [-0.3, -0.25) is 4.90 Å². The van der Waals surface area contributed by atoms with E-state index in [1.165, 1.54) is 0 Å². The average Bonchev–Trinajstić information content (AvgIpc) is 2.49. The van der Waals surface area contributed by atoms with Crippen LogP contribution in [0.25, 0.3) is 0 Å². The summed E-state index contributed by atoms with van der Waals surface area (Å²) in [5.74, 6) is 0.146. The molecule has 0 aliphatic rings. The summed E-state index contributed by atoms with van der Waals surface area (Å²) in [4.78, 5) is 2.13. The standard InChI is InChI=1S/C19H25NO/c1-15(2)18(21)19(20(3)4,16-11-7-5-8-12-16)17-13-9-6-10-14-17/h5-15,18,21H,1-4H3. The topological polar surface area (TPSA) is 23.5 Å². The number of aliphatic hydroxyl groups excluding tert-OH is 1. The van der Waals surface area contributed by atoms with Gasteiger partial charge in [-0.1, -0.05) is 74.5 Å². The van der Waals surface area contributed by atoms with Gasteiger partial charge in [0.1, 0.15) is 0 Å². The molecule has 0 bridgehead atoms. The molecule has 0 amide bonds. The molecule has 0 aliphatic heterocycles. The average molecular weight is 283 g/mol. The second kappa shape index (κ2) is 6.42. The first kappa shape index (κ1) is 15.7. The summed E-state index contributed by atoms with van der Waals surface area (Å²) in [5, 5.41) is 11.1. The Hall–Kier alpha value is -1.64. The molecule has 21 heavy (non-hydrogen) atoms. The highest BCUT2D eigenvalue weighted by molar-refractivity contribution is 5.40. The van der Waals surface area contributed by atoms with E-state index in [-0.39, 0.29) is 5.92 Å². The fourth-order valence-corrected chi connectivity index (χ4v) is 3.16. The summed E-state index contributed by atoms with van der Waals surface area (Å²) in [6, 6.07) is 20.5. The van der Waals surface area contributed by atoms with Crippen LogP contribution in [0, 0.1) is 5.92 Å². The van der Waals surface area contributed by atoms with Gasteiger partial charge >= 0.3 is 0 Å². The lowest BCUT2D eigenvalue weighted by atomic mass is 9.73. The van der Waals surface area contributed by atoms with Gasteiger partial charge in [0.2, 0.25) is 0 Å². The Kier molecular flexibility index (Phi) is 4.81. The van der Waals surface area contributed by atoms with Crippen LogP contribution in [0.15, 0.2) is 60.7 Å². The second-order valence-electron chi connectivity index (χ2n) is 6.08. The highest BCUT2D eigenvalue weighted by Gasteiger charge is 2.44. The largest absolute Gasteiger partial charge is 0.390 e. The zero-order chi connectivity index (χ0) is 15.5. The van der Waals surface area contributed by atoms with Crippen LogP contribution in [0.1, 0.15) is 25.0 Å². The van der Waals surface area contributed by atoms with Gasteiger partial charge in [0, 0.05) is 0 Å². The Balaban J connectivity index is 2.73. The van der Waals surface area contributed by atoms with Crippen LogP contribution in [-0.2, 0) is 5.54 Å². The quantitative estimate of drug-likeness (QED) is 0.907. The molecule has 0 saturated heterocycles. The van der Waals surface area contributed by atoms with Crippen molar-refractivity contribution in [3.05, 3.63) is 71.8 Å². The number of hydrogen-bond donors (Lipinski definition) is 1. The fraction of sp³-hybridized carbons (Fsp3) is 0.368. The smallest absolute Gasteiger partial charge is 0.0976 e. The van der Waals surface area contributed by atoms with Crippen molar-refractivity contribution in [2.75, 3.05) is 14.1 Å². The fourth-order valence-electron chi connectivity index (χ4n) is 3.16. The molecule has 2 aromatic rings. The van der Waals surface area contributed by atoms with Crippen molar-refractivity contribution >= 4 is 0 Å². The highest BCUT2D eigenvalue weighted by Crippen LogP contribution is 2.40. The van der Waals surface area contributed by atoms with E-state index in [0.29, 0.717) is 0 Å². The number of benzene rings is 2. The third kappa shape index (κ3) is 2.74. The maximum Gasteiger partial charge on any atom is 0.0976 e. The Labute approximate surface area is 128 Å². The van der Waals surface area contributed by atoms with Crippen molar-refractivity contribution < 1.29 is 5.11 Å². The predicted molar refractivity (Wildman–Crippen MR) is 88.2 cm³/mol. The Morgan fingerprint density at radius 3 is 1.48 bits per heavy atom. The molecule has 0 radical (unpaired) electrons. The molecule has 2 aromatic carbocycles. The lowest BCUT2D eigenvalue weighted by molar-refractivity contribution is -0.0123. The van der Waals surface area contributed by atoms with Gasteiger partial charge < -0.3 is 5.11 Å². The van der Waals surface area contributed by atoms with E-state index in [2.05, 4.69) is 43.0 Å². The lowest BCUT2D eigenvalue weighted by Gasteiger charge is -2.46. The van der Waals surface area contributed by atoms with Crippen LogP contribution in [0.2, 0.25) is 0 Å². The van der Waals surface area contributed by atoms with Crippen LogP contribution in [0.3, 0.4) is 0 Å². The van der Waals surface area contributed by atoms with Crippen LogP contribution in [0.4, 0.5) is 0 Å². The van der Waals surface area contributed by atoms with Crippen LogP contribution < -0.4 is 0 Å². The minimum Gasteiger partial charge on any atom is -0.390 e. The van der Waals surface area contributed by atoms with E-state index in [4.69, 9.17) is 0 Å². The molecule has 1 N–H and O–H groups in total. The van der Waals surface area contributed by atoms with Crippen molar-refractivity contribution in [3.63, 3.8) is 0 Å². The van der Waals surface area contributed by atoms with E-state index in [9.17, 15) is 5.11 Å². The molecular formula is C19H25NO. The van der Waals surface area contributed by atoms with Gasteiger partial charge in [-0.05, 0) is 31.1 Å². The Morgan fingerprint density at radius 1 is 0.810 bits per heavy atom. The van der Waals surface area contributed by atoms with Gasteiger partial charge in [0.05, 0.1) is 11.6 Å². The SMILES string of the molecule is CC(C)C(O)C(c1ccccc1)(c1ccccc1)N(C)C. The first-order valence-corrected chi connectivity index (χ1v) is 7.47. The molecule has 2 nitrogen and oxygen atoms in total. The molecule has 2 rings (SSSR count). The van der Waals surface area contributed by atoms with Crippen LogP contribution in [-0.4, -0.2) is 30.2 Å². The van der Waals surface area contributed by atoms with Crippen molar-refractivity contribution in [1.29, 1.82) is 0 Å². The van der Waals surface area contributed by atoms with Crippen LogP contribution in [0.5, 0.6) is 0 Å². The van der Waals surface area contributed by atoms with E-state index >= 15 is 0 Å². The van der Waals surface area contributed by atoms with Crippen LogP contribution >= 0.6 is 0 Å². The molecule has 1 unspecified atom stereocenters. The lowest BCUT2D eigenvalue weighted by Crippen LogP contribution is -2.53. The summed E-state index contributed by atoms with van der Waals surface area (Å²) in [5.41, 5.74) is 1.68. The van der Waals surface area contributed by atoms with E-state index in [0.717, 1.165) is 11.1 Å². The number of nitrogens with zero attached hydrogens (tertiary/aromatic N) is 1. The normalized spacial score (nSPS) is 13.7. The Bertz CT molecular complexity index is 509. The maximum atomic E-state index is 11.1. The number of likely N-dealkylation sites (N-methyl/N-ethyl adjacent to an activating group) is 1. The molecule has 2 heteroatoms. The zero-order valence-electron chi connectivity index (χ0n) is 13.3. The monoisotopic (exact) mass is 283 g/mol. The minimum atomic E-state index is -0.545. The number of rotatable bonds is 5. The summed E-state index contributed by atoms with van der Waals surface area (Å²) < 4.78 is 0. The first-order valence-electron chi connectivity index (χ1n) is 7.47. The maximum absolute atomic E-state index is 11.1. The van der Waals surface area contributed by atoms with E-state index < -0.39 is 11.6 Å². The Morgan fingerprint density at radius 2 is 1.19 bits per heavy atom. The molecule has 0 fully saturated rings. The summed E-state index contributed by atoms with van der Waals surface area (Å²) in [7, 11) is 4.07. The number of hydrogen-bond acceptors (Lipinski definition) is 2. The zero-order valence-corrected chi connectivity index (χ0v) is 13.3. The minimum absolute atomic E-state index is 0.146. The second-order valence-corrected chi connectivity index (χ2v) is 6.08. The molecule has 0 heterocycles. The van der Waals surface area contributed by atoms with E-state index in [1.807, 2.05) is 50.5 Å². The third-order valence-electron chi connectivity index (χ3n) is 4.19. The van der Waals surface area contributed by atoms with Gasteiger partial charge in [-0.2, -0.15) is 0 Å². The van der Waals surface area contributed by atoms with Gasteiger partial charge in [-0.25, -0.2) is 0 Å². The molecule has 0 saturated carbocycles. The third-order valence-corrected chi connectivity index (χ3v) is 4.19. The van der Waals surface area contributed by atoms with Crippen molar-refractivity contribution in [2.45, 2.75) is 25.5 Å². The van der Waals surface area contributed by atoms with E-state index in [1.54, 1.807) is 0 Å². The summed E-state index contributed by atoms with van der Waals surface area (Å²) in [6.07, 6.45) is -0.503. The summed E-state index contributed by atoms with van der Waals surface area (Å²) >= 11 is 0. The molecular weight excluding hydrogens is 258 g/mol. The molecule has 0 aliphatic carbocycles. The summed E-state index contributed by atoms with van der Waals surface area (Å²) in [6.45, 7) is 4.13. The predicted octanol–water partition coefficient (Wildman–Crippen LogP) is 3.51. The van der Waals surface area contributed by atoms with Crippen molar-refractivity contribution in [3.8, 4) is 0 Å². The van der Waals surface area contributed by atoms with Gasteiger partial charge in [-0.15, -0.1) is 0 Å². The molecule has 0 aromatic heterocycles. The van der Waals surface area contributed by atoms with Crippen molar-refractivity contribution in [2.24, 2.45) is 5.92 Å². The molecule has 1 atom stereocenters. The van der Waals surface area contributed by atoms with Gasteiger partial charge in [0.15, 0.2) is 0 Å².